The molecular weight excluding hydrogens is 301 g/mol. The molecular formula is C18H21Cl2N. The molecule has 1 atom stereocenters. The lowest BCUT2D eigenvalue weighted by Gasteiger charge is -2.22. The Morgan fingerprint density at radius 2 is 1.71 bits per heavy atom. The minimum Gasteiger partial charge on any atom is -0.310 e. The average molecular weight is 322 g/mol. The van der Waals surface area contributed by atoms with Crippen LogP contribution in [-0.2, 0) is 6.42 Å². The first-order valence-corrected chi connectivity index (χ1v) is 8.02. The smallest absolute Gasteiger partial charge is 0.0468 e. The molecule has 0 aromatic heterocycles. The van der Waals surface area contributed by atoms with Crippen LogP contribution in [0.25, 0.3) is 0 Å². The number of hydrogen-bond acceptors (Lipinski definition) is 1. The second kappa shape index (κ2) is 7.31. The lowest BCUT2D eigenvalue weighted by Crippen LogP contribution is -2.24. The summed E-state index contributed by atoms with van der Waals surface area (Å²) in [6, 6.07) is 12.4. The Morgan fingerprint density at radius 1 is 1.05 bits per heavy atom. The van der Waals surface area contributed by atoms with Gasteiger partial charge in [-0.3, -0.25) is 0 Å². The van der Waals surface area contributed by atoms with E-state index in [1.54, 1.807) is 0 Å². The van der Waals surface area contributed by atoms with Crippen LogP contribution in [0.5, 0.6) is 0 Å². The van der Waals surface area contributed by atoms with E-state index in [9.17, 15) is 0 Å². The predicted octanol–water partition coefficient (Wildman–Crippen LogP) is 5.50. The molecule has 0 aliphatic heterocycles. The maximum Gasteiger partial charge on any atom is 0.0468 e. The van der Waals surface area contributed by atoms with Gasteiger partial charge in [0.15, 0.2) is 0 Å². The molecule has 0 bridgehead atoms. The number of hydrogen-bond donors (Lipinski definition) is 1. The molecule has 21 heavy (non-hydrogen) atoms. The van der Waals surface area contributed by atoms with Gasteiger partial charge < -0.3 is 5.32 Å². The van der Waals surface area contributed by atoms with E-state index in [0.717, 1.165) is 28.6 Å². The highest BCUT2D eigenvalue weighted by Crippen LogP contribution is 2.32. The third kappa shape index (κ3) is 4.00. The van der Waals surface area contributed by atoms with Gasteiger partial charge in [0.1, 0.15) is 0 Å². The van der Waals surface area contributed by atoms with E-state index < -0.39 is 0 Å². The van der Waals surface area contributed by atoms with E-state index in [-0.39, 0.29) is 6.04 Å². The Balaban J connectivity index is 2.38. The van der Waals surface area contributed by atoms with E-state index in [4.69, 9.17) is 23.2 Å². The summed E-state index contributed by atoms with van der Waals surface area (Å²) in [5, 5.41) is 4.95. The van der Waals surface area contributed by atoms with Crippen molar-refractivity contribution < 1.29 is 0 Å². The molecule has 0 radical (unpaired) electrons. The van der Waals surface area contributed by atoms with Crippen molar-refractivity contribution in [2.45, 2.75) is 33.2 Å². The van der Waals surface area contributed by atoms with Gasteiger partial charge >= 0.3 is 0 Å². The third-order valence-corrected chi connectivity index (χ3v) is 4.39. The number of likely N-dealkylation sites (N-methyl/N-ethyl adjacent to an activating group) is 1. The molecule has 0 fully saturated rings. The van der Waals surface area contributed by atoms with Gasteiger partial charge in [0.2, 0.25) is 0 Å². The molecule has 2 rings (SSSR count). The molecule has 2 aromatic carbocycles. The summed E-state index contributed by atoms with van der Waals surface area (Å²) in [6.07, 6.45) is 0.880. The Bertz CT molecular complexity index is 602. The summed E-state index contributed by atoms with van der Waals surface area (Å²) >= 11 is 12.7. The van der Waals surface area contributed by atoms with Crippen molar-refractivity contribution in [2.24, 2.45) is 0 Å². The molecule has 1 unspecified atom stereocenters. The van der Waals surface area contributed by atoms with Crippen molar-refractivity contribution >= 4 is 23.2 Å². The zero-order valence-corrected chi connectivity index (χ0v) is 14.2. The summed E-state index contributed by atoms with van der Waals surface area (Å²) < 4.78 is 0. The van der Waals surface area contributed by atoms with Crippen molar-refractivity contribution in [3.63, 3.8) is 0 Å². The lowest BCUT2D eigenvalue weighted by atomic mass is 9.94. The lowest BCUT2D eigenvalue weighted by molar-refractivity contribution is 0.549. The maximum absolute atomic E-state index is 6.37. The van der Waals surface area contributed by atoms with Gasteiger partial charge in [0.05, 0.1) is 0 Å². The molecule has 0 saturated carbocycles. The molecule has 2 aromatic rings. The van der Waals surface area contributed by atoms with Gasteiger partial charge in [0.25, 0.3) is 0 Å². The highest BCUT2D eigenvalue weighted by atomic mass is 35.5. The first-order chi connectivity index (χ1) is 10.0. The van der Waals surface area contributed by atoms with Crippen LogP contribution in [0.1, 0.15) is 35.2 Å². The third-order valence-electron chi connectivity index (χ3n) is 3.73. The van der Waals surface area contributed by atoms with Gasteiger partial charge in [-0.05, 0) is 50.1 Å². The van der Waals surface area contributed by atoms with E-state index in [0.29, 0.717) is 0 Å². The molecule has 1 nitrogen and oxygen atoms in total. The average Bonchev–Trinajstić information content (AvgIpc) is 2.43. The van der Waals surface area contributed by atoms with E-state index in [1.165, 1.54) is 16.7 Å². The molecule has 0 amide bonds. The zero-order chi connectivity index (χ0) is 15.4. The summed E-state index contributed by atoms with van der Waals surface area (Å²) in [6.45, 7) is 7.23. The largest absolute Gasteiger partial charge is 0.310 e. The molecule has 0 heterocycles. The second-order valence-corrected chi connectivity index (χ2v) is 6.19. The van der Waals surface area contributed by atoms with E-state index >= 15 is 0 Å². The standard InChI is InChI=1S/C18H21Cl2N/c1-4-21-17(18-15(19)6-5-7-16(18)20)11-14-10-12(2)8-9-13(14)3/h5-10,17,21H,4,11H2,1-3H3. The normalized spacial score (nSPS) is 12.4. The van der Waals surface area contributed by atoms with Crippen molar-refractivity contribution in [3.05, 3.63) is 68.7 Å². The van der Waals surface area contributed by atoms with Crippen LogP contribution in [0.4, 0.5) is 0 Å². The fourth-order valence-corrected chi connectivity index (χ4v) is 3.27. The van der Waals surface area contributed by atoms with Crippen molar-refractivity contribution in [2.75, 3.05) is 6.54 Å². The number of nitrogens with one attached hydrogen (secondary N) is 1. The van der Waals surface area contributed by atoms with Gasteiger partial charge in [-0.15, -0.1) is 0 Å². The SMILES string of the molecule is CCNC(Cc1cc(C)ccc1C)c1c(Cl)cccc1Cl. The first-order valence-electron chi connectivity index (χ1n) is 7.26. The van der Waals surface area contributed by atoms with Crippen molar-refractivity contribution in [1.82, 2.24) is 5.32 Å². The molecule has 3 heteroatoms. The predicted molar refractivity (Wildman–Crippen MR) is 92.5 cm³/mol. The quantitative estimate of drug-likeness (QED) is 0.766. The highest BCUT2D eigenvalue weighted by molar-refractivity contribution is 6.36. The minimum atomic E-state index is 0.122. The number of aryl methyl sites for hydroxylation is 2. The Kier molecular flexibility index (Phi) is 5.69. The second-order valence-electron chi connectivity index (χ2n) is 5.38. The highest BCUT2D eigenvalue weighted by Gasteiger charge is 2.18. The molecule has 112 valence electrons. The fraction of sp³-hybridized carbons (Fsp3) is 0.333. The first kappa shape index (κ1) is 16.4. The molecule has 0 saturated heterocycles. The summed E-state index contributed by atoms with van der Waals surface area (Å²) in [5.41, 5.74) is 4.89. The van der Waals surface area contributed by atoms with Crippen LogP contribution in [0.3, 0.4) is 0 Å². The van der Waals surface area contributed by atoms with Gasteiger partial charge in [0, 0.05) is 21.7 Å². The summed E-state index contributed by atoms with van der Waals surface area (Å²) in [7, 11) is 0. The number of rotatable bonds is 5. The van der Waals surface area contributed by atoms with Crippen LogP contribution in [0.2, 0.25) is 10.0 Å². The molecule has 0 aliphatic carbocycles. The minimum absolute atomic E-state index is 0.122. The van der Waals surface area contributed by atoms with Gasteiger partial charge in [-0.1, -0.05) is 60.0 Å². The van der Waals surface area contributed by atoms with Crippen LogP contribution in [0.15, 0.2) is 36.4 Å². The Labute approximate surface area is 137 Å². The molecule has 0 aliphatic rings. The monoisotopic (exact) mass is 321 g/mol. The molecule has 1 N–H and O–H groups in total. The summed E-state index contributed by atoms with van der Waals surface area (Å²) in [4.78, 5) is 0. The number of halogens is 2. The Hall–Kier alpha value is -1.02. The van der Waals surface area contributed by atoms with Crippen LogP contribution in [-0.4, -0.2) is 6.54 Å². The maximum atomic E-state index is 6.37. The fourth-order valence-electron chi connectivity index (χ4n) is 2.61. The van der Waals surface area contributed by atoms with Crippen LogP contribution in [0, 0.1) is 13.8 Å². The van der Waals surface area contributed by atoms with Crippen LogP contribution >= 0.6 is 23.2 Å². The van der Waals surface area contributed by atoms with Crippen LogP contribution < -0.4 is 5.32 Å². The van der Waals surface area contributed by atoms with Crippen molar-refractivity contribution in [3.8, 4) is 0 Å². The van der Waals surface area contributed by atoms with Gasteiger partial charge in [-0.25, -0.2) is 0 Å². The summed E-state index contributed by atoms with van der Waals surface area (Å²) in [5.74, 6) is 0. The Morgan fingerprint density at radius 3 is 2.33 bits per heavy atom. The topological polar surface area (TPSA) is 12.0 Å². The van der Waals surface area contributed by atoms with Gasteiger partial charge in [-0.2, -0.15) is 0 Å². The van der Waals surface area contributed by atoms with E-state index in [1.807, 2.05) is 18.2 Å². The van der Waals surface area contributed by atoms with E-state index in [2.05, 4.69) is 44.3 Å². The number of benzene rings is 2. The zero-order valence-electron chi connectivity index (χ0n) is 12.7. The van der Waals surface area contributed by atoms with Crippen molar-refractivity contribution in [1.29, 1.82) is 0 Å². The molecule has 0 spiro atoms.